The van der Waals surface area contributed by atoms with Crippen LogP contribution in [0.2, 0.25) is 0 Å². The monoisotopic (exact) mass is 537 g/mol. The van der Waals surface area contributed by atoms with Crippen LogP contribution in [0.1, 0.15) is 73.6 Å². The third-order valence-corrected chi connectivity index (χ3v) is 6.49. The van der Waals surface area contributed by atoms with E-state index in [1.807, 2.05) is 39.0 Å². The van der Waals surface area contributed by atoms with Gasteiger partial charge in [-0.05, 0) is 44.8 Å². The summed E-state index contributed by atoms with van der Waals surface area (Å²) < 4.78 is 16.4. The number of aliphatic hydroxyl groups excluding tert-OH is 1. The lowest BCUT2D eigenvalue weighted by Gasteiger charge is -2.32. The first kappa shape index (κ1) is 33.4. The fraction of sp³-hybridized carbons (Fsp3) is 0.690. The number of esters is 2. The Bertz CT molecular complexity index is 863. The molecule has 0 unspecified atom stereocenters. The van der Waals surface area contributed by atoms with Gasteiger partial charge in [-0.3, -0.25) is 9.59 Å². The number of hydrogen-bond acceptors (Lipinski definition) is 8. The molecule has 6 atom stereocenters. The first-order chi connectivity index (χ1) is 17.8. The minimum Gasteiger partial charge on any atom is -0.457 e. The molecule has 0 saturated carbocycles. The molecule has 0 bridgehead atoms. The topological polar surface area (TPSA) is 123 Å². The SMILES string of the molecule is CCCCN(C)C(=O)OC[C@@H](C)/C=C/C=C(\C)[C@H]1OC(=O)C[C@@H](O)CC[C@](C)(O)[C@@H](OC(C)=O)/C=C/[C@@H]1C. The summed E-state index contributed by atoms with van der Waals surface area (Å²) in [4.78, 5) is 37.8. The van der Waals surface area contributed by atoms with E-state index in [9.17, 15) is 24.6 Å². The number of carbonyl (C=O) groups is 3. The van der Waals surface area contributed by atoms with E-state index >= 15 is 0 Å². The van der Waals surface area contributed by atoms with Crippen LogP contribution in [-0.4, -0.2) is 77.3 Å². The van der Waals surface area contributed by atoms with Gasteiger partial charge in [0.1, 0.15) is 17.8 Å². The zero-order chi connectivity index (χ0) is 28.9. The predicted molar refractivity (Wildman–Crippen MR) is 145 cm³/mol. The Labute approximate surface area is 227 Å². The Morgan fingerprint density at radius 3 is 2.63 bits per heavy atom. The van der Waals surface area contributed by atoms with Gasteiger partial charge in [-0.1, -0.05) is 51.5 Å². The Kier molecular flexibility index (Phi) is 14.4. The molecule has 0 radical (unpaired) electrons. The number of allylic oxidation sites excluding steroid dienone is 2. The summed E-state index contributed by atoms with van der Waals surface area (Å²) in [6, 6.07) is 0. The van der Waals surface area contributed by atoms with Crippen LogP contribution < -0.4 is 0 Å². The van der Waals surface area contributed by atoms with Gasteiger partial charge in [0.15, 0.2) is 0 Å². The quantitative estimate of drug-likeness (QED) is 0.193. The molecule has 0 saturated heterocycles. The molecule has 1 aliphatic rings. The lowest BCUT2D eigenvalue weighted by molar-refractivity contribution is -0.157. The van der Waals surface area contributed by atoms with Crippen LogP contribution in [0.4, 0.5) is 4.79 Å². The number of nitrogens with zero attached hydrogens (tertiary/aromatic N) is 1. The van der Waals surface area contributed by atoms with Gasteiger partial charge in [0.05, 0.1) is 19.1 Å². The van der Waals surface area contributed by atoms with Crippen molar-refractivity contribution in [2.24, 2.45) is 11.8 Å². The maximum absolute atomic E-state index is 12.6. The smallest absolute Gasteiger partial charge is 0.409 e. The highest BCUT2D eigenvalue weighted by atomic mass is 16.6. The fourth-order valence-electron chi connectivity index (χ4n) is 3.98. The summed E-state index contributed by atoms with van der Waals surface area (Å²) in [5.74, 6) is -1.41. The summed E-state index contributed by atoms with van der Waals surface area (Å²) in [7, 11) is 1.72. The van der Waals surface area contributed by atoms with Crippen LogP contribution in [0.25, 0.3) is 0 Å². The second kappa shape index (κ2) is 16.3. The molecule has 0 aromatic heterocycles. The third-order valence-electron chi connectivity index (χ3n) is 6.49. The van der Waals surface area contributed by atoms with E-state index in [0.29, 0.717) is 6.54 Å². The van der Waals surface area contributed by atoms with E-state index in [1.54, 1.807) is 31.0 Å². The predicted octanol–water partition coefficient (Wildman–Crippen LogP) is 4.33. The minimum absolute atomic E-state index is 0.0272. The molecule has 0 aromatic carbocycles. The van der Waals surface area contributed by atoms with E-state index in [-0.39, 0.29) is 43.8 Å². The summed E-state index contributed by atoms with van der Waals surface area (Å²) in [6.07, 6.45) is 8.01. The van der Waals surface area contributed by atoms with Gasteiger partial charge in [-0.15, -0.1) is 0 Å². The number of carbonyl (C=O) groups excluding carboxylic acids is 3. The number of amides is 1. The van der Waals surface area contributed by atoms with Crippen molar-refractivity contribution in [1.29, 1.82) is 0 Å². The standard InChI is InChI=1S/C29H47NO8/c1-8-9-17-30(7)28(34)36-19-20(2)11-10-12-21(3)27-22(4)13-14-25(37-23(5)31)29(6,35)16-15-24(32)18-26(33)38-27/h10-14,20,22,24-25,27,32,35H,8-9,15-19H2,1-7H3/b11-10+,14-13+,21-12+/t20-,22-,24-,25-,27+,29-/m0/s1. The van der Waals surface area contributed by atoms with Gasteiger partial charge < -0.3 is 29.3 Å². The van der Waals surface area contributed by atoms with Crippen molar-refractivity contribution in [3.05, 3.63) is 36.0 Å². The number of aliphatic hydroxyl groups is 2. The second-order valence-electron chi connectivity index (χ2n) is 10.6. The lowest BCUT2D eigenvalue weighted by Crippen LogP contribution is -2.42. The largest absolute Gasteiger partial charge is 0.457 e. The zero-order valence-electron chi connectivity index (χ0n) is 24.0. The van der Waals surface area contributed by atoms with Crippen molar-refractivity contribution in [2.75, 3.05) is 20.2 Å². The van der Waals surface area contributed by atoms with Crippen molar-refractivity contribution in [3.63, 3.8) is 0 Å². The molecule has 1 amide bonds. The maximum atomic E-state index is 12.6. The van der Waals surface area contributed by atoms with Crippen molar-refractivity contribution in [3.8, 4) is 0 Å². The molecule has 1 aliphatic heterocycles. The summed E-state index contributed by atoms with van der Waals surface area (Å²) in [5, 5.41) is 21.2. The van der Waals surface area contributed by atoms with Gasteiger partial charge in [0, 0.05) is 32.4 Å². The molecule has 1 heterocycles. The molecule has 216 valence electrons. The van der Waals surface area contributed by atoms with E-state index < -0.39 is 35.9 Å². The third kappa shape index (κ3) is 12.3. The Hall–Kier alpha value is -2.65. The van der Waals surface area contributed by atoms with Crippen LogP contribution in [0.5, 0.6) is 0 Å². The molecule has 38 heavy (non-hydrogen) atoms. The highest BCUT2D eigenvalue weighted by molar-refractivity contribution is 5.70. The molecular formula is C29H47NO8. The maximum Gasteiger partial charge on any atom is 0.409 e. The summed E-state index contributed by atoms with van der Waals surface area (Å²) in [5.41, 5.74) is -0.656. The molecule has 0 fully saturated rings. The summed E-state index contributed by atoms with van der Waals surface area (Å²) >= 11 is 0. The van der Waals surface area contributed by atoms with Crippen LogP contribution in [0, 0.1) is 11.8 Å². The molecule has 0 aliphatic carbocycles. The van der Waals surface area contributed by atoms with Gasteiger partial charge in [-0.25, -0.2) is 4.79 Å². The van der Waals surface area contributed by atoms with Crippen molar-refractivity contribution in [1.82, 2.24) is 4.90 Å². The van der Waals surface area contributed by atoms with Crippen molar-refractivity contribution >= 4 is 18.0 Å². The van der Waals surface area contributed by atoms with E-state index in [4.69, 9.17) is 14.2 Å². The number of unbranched alkanes of at least 4 members (excludes halogenated alkanes) is 1. The van der Waals surface area contributed by atoms with Crippen LogP contribution in [0.3, 0.4) is 0 Å². The normalized spacial score (nSPS) is 29.0. The highest BCUT2D eigenvalue weighted by Crippen LogP contribution is 2.27. The van der Waals surface area contributed by atoms with E-state index in [1.165, 1.54) is 6.92 Å². The molecule has 9 nitrogen and oxygen atoms in total. The fourth-order valence-corrected chi connectivity index (χ4v) is 3.98. The average molecular weight is 538 g/mol. The minimum atomic E-state index is -1.42. The molecule has 0 spiro atoms. The molecular weight excluding hydrogens is 490 g/mol. The highest BCUT2D eigenvalue weighted by Gasteiger charge is 2.35. The molecule has 2 N–H and O–H groups in total. The first-order valence-corrected chi connectivity index (χ1v) is 13.4. The van der Waals surface area contributed by atoms with Gasteiger partial charge in [0.25, 0.3) is 0 Å². The van der Waals surface area contributed by atoms with Crippen molar-refractivity contribution in [2.45, 2.75) is 97.6 Å². The summed E-state index contributed by atoms with van der Waals surface area (Å²) in [6.45, 7) is 11.4. The van der Waals surface area contributed by atoms with Crippen LogP contribution >= 0.6 is 0 Å². The van der Waals surface area contributed by atoms with Gasteiger partial charge in [-0.2, -0.15) is 0 Å². The average Bonchev–Trinajstić information content (AvgIpc) is 2.84. The van der Waals surface area contributed by atoms with E-state index in [2.05, 4.69) is 6.92 Å². The zero-order valence-corrected chi connectivity index (χ0v) is 24.0. The Morgan fingerprint density at radius 2 is 2.00 bits per heavy atom. The Balaban J connectivity index is 2.99. The second-order valence-corrected chi connectivity index (χ2v) is 10.6. The molecule has 1 rings (SSSR count). The number of cyclic esters (lactones) is 1. The Morgan fingerprint density at radius 1 is 1.32 bits per heavy atom. The number of rotatable bonds is 9. The first-order valence-electron chi connectivity index (χ1n) is 13.4. The van der Waals surface area contributed by atoms with E-state index in [0.717, 1.165) is 18.4 Å². The molecule has 9 heteroatoms. The van der Waals surface area contributed by atoms with Crippen molar-refractivity contribution < 1.29 is 38.8 Å². The van der Waals surface area contributed by atoms with Crippen LogP contribution in [-0.2, 0) is 23.8 Å². The van der Waals surface area contributed by atoms with Gasteiger partial charge in [0.2, 0.25) is 0 Å². The lowest BCUT2D eigenvalue weighted by atomic mass is 9.88. The molecule has 0 aromatic rings. The van der Waals surface area contributed by atoms with Gasteiger partial charge >= 0.3 is 18.0 Å². The van der Waals surface area contributed by atoms with Crippen LogP contribution in [0.15, 0.2) is 36.0 Å². The number of hydrogen-bond donors (Lipinski definition) is 2. The number of ether oxygens (including phenoxy) is 3.